The molecule has 0 amide bonds. The molecule has 0 aliphatic carbocycles. The van der Waals surface area contributed by atoms with Crippen LogP contribution in [-0.4, -0.2) is 26.7 Å². The Morgan fingerprint density at radius 3 is 2.38 bits per heavy atom. The van der Waals surface area contributed by atoms with Gasteiger partial charge in [0.15, 0.2) is 0 Å². The molecule has 21 heavy (non-hydrogen) atoms. The predicted molar refractivity (Wildman–Crippen MR) is 81.1 cm³/mol. The highest BCUT2D eigenvalue weighted by Gasteiger charge is 2.34. The maximum Gasteiger partial charge on any atom is 0.138 e. The van der Waals surface area contributed by atoms with Gasteiger partial charge in [0.2, 0.25) is 0 Å². The van der Waals surface area contributed by atoms with Crippen molar-refractivity contribution in [2.45, 2.75) is 39.7 Å². The summed E-state index contributed by atoms with van der Waals surface area (Å²) in [6.45, 7) is 8.08. The third kappa shape index (κ3) is 2.18. The van der Waals surface area contributed by atoms with E-state index in [1.165, 1.54) is 0 Å². The van der Waals surface area contributed by atoms with Gasteiger partial charge in [0.25, 0.3) is 0 Å². The van der Waals surface area contributed by atoms with Crippen molar-refractivity contribution in [2.24, 2.45) is 5.16 Å². The fourth-order valence-corrected chi connectivity index (χ4v) is 2.82. The van der Waals surface area contributed by atoms with Crippen LogP contribution in [0.3, 0.4) is 0 Å². The molecule has 0 bridgehead atoms. The molecule has 2 unspecified atom stereocenters. The first-order chi connectivity index (χ1) is 9.99. The minimum Gasteiger partial charge on any atom is -0.508 e. The van der Waals surface area contributed by atoms with Crippen LogP contribution >= 0.6 is 0 Å². The number of hydrogen-bond acceptors (Lipinski definition) is 4. The van der Waals surface area contributed by atoms with Crippen molar-refractivity contribution in [2.75, 3.05) is 0 Å². The molecule has 0 saturated heterocycles. The molecule has 2 heterocycles. The highest BCUT2D eigenvalue weighted by molar-refractivity contribution is 5.90. The van der Waals surface area contributed by atoms with Crippen molar-refractivity contribution in [1.29, 1.82) is 0 Å². The molecule has 1 N–H and O–H groups in total. The number of oxime groups is 1. The number of hydrogen-bond donors (Lipinski definition) is 1. The average molecular weight is 285 g/mol. The van der Waals surface area contributed by atoms with Gasteiger partial charge in [-0.3, -0.25) is 0 Å². The van der Waals surface area contributed by atoms with Gasteiger partial charge < -0.3 is 9.94 Å². The van der Waals surface area contributed by atoms with E-state index in [0.29, 0.717) is 0 Å². The highest BCUT2D eigenvalue weighted by atomic mass is 16.6. The molecule has 0 saturated carbocycles. The molecule has 0 spiro atoms. The minimum absolute atomic E-state index is 0.00401. The van der Waals surface area contributed by atoms with Gasteiger partial charge in [-0.15, -0.1) is 0 Å². The number of benzene rings is 1. The van der Waals surface area contributed by atoms with Crippen LogP contribution in [0.4, 0.5) is 0 Å². The van der Waals surface area contributed by atoms with Gasteiger partial charge >= 0.3 is 0 Å². The van der Waals surface area contributed by atoms with E-state index in [1.807, 2.05) is 37.6 Å². The molecule has 2 atom stereocenters. The lowest BCUT2D eigenvalue weighted by molar-refractivity contribution is 0.0893. The van der Waals surface area contributed by atoms with E-state index in [4.69, 9.17) is 4.84 Å². The van der Waals surface area contributed by atoms with E-state index in [9.17, 15) is 5.11 Å². The minimum atomic E-state index is -0.00401. The van der Waals surface area contributed by atoms with E-state index >= 15 is 0 Å². The van der Waals surface area contributed by atoms with Gasteiger partial charge in [-0.25, -0.2) is 4.68 Å². The second kappa shape index (κ2) is 4.91. The lowest BCUT2D eigenvalue weighted by atomic mass is 9.92. The van der Waals surface area contributed by atoms with Crippen LogP contribution in [0.25, 0.3) is 5.69 Å². The zero-order chi connectivity index (χ0) is 15.1. The second-order valence-corrected chi connectivity index (χ2v) is 5.54. The van der Waals surface area contributed by atoms with E-state index in [-0.39, 0.29) is 17.8 Å². The van der Waals surface area contributed by atoms with Crippen molar-refractivity contribution in [3.05, 3.63) is 41.2 Å². The Morgan fingerprint density at radius 2 is 1.81 bits per heavy atom. The summed E-state index contributed by atoms with van der Waals surface area (Å²) >= 11 is 0. The third-order valence-corrected chi connectivity index (χ3v) is 4.08. The maximum absolute atomic E-state index is 9.46. The largest absolute Gasteiger partial charge is 0.508 e. The van der Waals surface area contributed by atoms with Crippen LogP contribution in [0.15, 0.2) is 29.4 Å². The Bertz CT molecular complexity index is 701. The van der Waals surface area contributed by atoms with Crippen molar-refractivity contribution >= 4 is 5.71 Å². The van der Waals surface area contributed by atoms with Gasteiger partial charge in [0.1, 0.15) is 11.9 Å². The fourth-order valence-electron chi connectivity index (χ4n) is 2.82. The van der Waals surface area contributed by atoms with E-state index in [2.05, 4.69) is 17.2 Å². The van der Waals surface area contributed by atoms with Gasteiger partial charge in [0.05, 0.1) is 28.7 Å². The molecule has 2 aromatic rings. The molecular weight excluding hydrogens is 266 g/mol. The van der Waals surface area contributed by atoms with Gasteiger partial charge in [0, 0.05) is 0 Å². The number of rotatable bonds is 2. The van der Waals surface area contributed by atoms with Crippen molar-refractivity contribution in [1.82, 2.24) is 9.78 Å². The summed E-state index contributed by atoms with van der Waals surface area (Å²) in [7, 11) is 0. The summed E-state index contributed by atoms with van der Waals surface area (Å²) < 4.78 is 1.93. The first-order valence-corrected chi connectivity index (χ1v) is 7.05. The summed E-state index contributed by atoms with van der Waals surface area (Å²) in [6.07, 6.45) is -0.00401. The summed E-state index contributed by atoms with van der Waals surface area (Å²) in [4.78, 5) is 5.41. The summed E-state index contributed by atoms with van der Waals surface area (Å²) in [5.41, 5.74) is 5.13. The number of phenolic OH excluding ortho intramolecular Hbond substituents is 1. The monoisotopic (exact) mass is 285 g/mol. The van der Waals surface area contributed by atoms with Crippen molar-refractivity contribution < 1.29 is 9.94 Å². The van der Waals surface area contributed by atoms with Crippen molar-refractivity contribution in [3.8, 4) is 11.4 Å². The Labute approximate surface area is 123 Å². The SMILES string of the molecule is CC1=NOC(C)C1c1c(C)c(C)nn1-c1ccc(O)cc1. The molecule has 1 aromatic carbocycles. The van der Waals surface area contributed by atoms with Crippen LogP contribution in [0, 0.1) is 13.8 Å². The topological polar surface area (TPSA) is 59.6 Å². The van der Waals surface area contributed by atoms with Gasteiger partial charge in [-0.05, 0) is 57.5 Å². The summed E-state index contributed by atoms with van der Waals surface area (Å²) in [5.74, 6) is 0.344. The lowest BCUT2D eigenvalue weighted by Gasteiger charge is -2.17. The molecule has 110 valence electrons. The molecule has 5 nitrogen and oxygen atoms in total. The normalized spacial score (nSPS) is 21.2. The van der Waals surface area contributed by atoms with Gasteiger partial charge in [-0.1, -0.05) is 5.16 Å². The molecule has 1 aromatic heterocycles. The standard InChI is InChI=1S/C16H19N3O2/c1-9-10(2)17-19(13-5-7-14(20)8-6-13)16(9)15-11(3)18-21-12(15)4/h5-8,12,15,20H,1-4H3. The molecular formula is C16H19N3O2. The molecule has 0 fully saturated rings. The van der Waals surface area contributed by atoms with Crippen LogP contribution in [-0.2, 0) is 4.84 Å². The van der Waals surface area contributed by atoms with Crippen LogP contribution < -0.4 is 0 Å². The Hall–Kier alpha value is -2.30. The van der Waals surface area contributed by atoms with E-state index in [1.54, 1.807) is 12.1 Å². The van der Waals surface area contributed by atoms with Crippen molar-refractivity contribution in [3.63, 3.8) is 0 Å². The second-order valence-electron chi connectivity index (χ2n) is 5.54. The Balaban J connectivity index is 2.16. The zero-order valence-electron chi connectivity index (χ0n) is 12.7. The van der Waals surface area contributed by atoms with Crippen LogP contribution in [0.2, 0.25) is 0 Å². The lowest BCUT2D eigenvalue weighted by Crippen LogP contribution is -2.21. The van der Waals surface area contributed by atoms with Crippen LogP contribution in [0.5, 0.6) is 5.75 Å². The number of nitrogens with zero attached hydrogens (tertiary/aromatic N) is 3. The number of aryl methyl sites for hydroxylation is 1. The summed E-state index contributed by atoms with van der Waals surface area (Å²) in [6, 6.07) is 7.05. The molecule has 0 radical (unpaired) electrons. The van der Waals surface area contributed by atoms with Crippen LogP contribution in [0.1, 0.15) is 36.7 Å². The maximum atomic E-state index is 9.46. The van der Waals surface area contributed by atoms with E-state index in [0.717, 1.165) is 28.4 Å². The highest BCUT2D eigenvalue weighted by Crippen LogP contribution is 2.33. The number of aromatic nitrogens is 2. The quantitative estimate of drug-likeness (QED) is 0.922. The molecule has 3 rings (SSSR count). The smallest absolute Gasteiger partial charge is 0.138 e. The molecule has 5 heteroatoms. The Kier molecular flexibility index (Phi) is 3.20. The third-order valence-electron chi connectivity index (χ3n) is 4.08. The first kappa shape index (κ1) is 13.7. The zero-order valence-corrected chi connectivity index (χ0v) is 12.7. The fraction of sp³-hybridized carbons (Fsp3) is 0.375. The average Bonchev–Trinajstić information content (AvgIpc) is 2.92. The Morgan fingerprint density at radius 1 is 1.14 bits per heavy atom. The van der Waals surface area contributed by atoms with E-state index < -0.39 is 0 Å². The first-order valence-electron chi connectivity index (χ1n) is 7.05. The molecule has 1 aliphatic heterocycles. The summed E-state index contributed by atoms with van der Waals surface area (Å²) in [5, 5.41) is 18.2. The number of aromatic hydroxyl groups is 1. The predicted octanol–water partition coefficient (Wildman–Crippen LogP) is 3.07. The van der Waals surface area contributed by atoms with Gasteiger partial charge in [-0.2, -0.15) is 5.10 Å². The number of phenols is 1. The molecule has 1 aliphatic rings.